The number of carbonyl (C=O) groups is 1. The number of amides is 1. The van der Waals surface area contributed by atoms with Gasteiger partial charge >= 0.3 is 0 Å². The Bertz CT molecular complexity index is 969. The number of hydrogen-bond donors (Lipinski definition) is 1. The smallest absolute Gasteiger partial charge is 0.252 e. The van der Waals surface area contributed by atoms with Crippen LogP contribution in [0.5, 0.6) is 5.75 Å². The first-order chi connectivity index (χ1) is 14.5. The molecule has 30 heavy (non-hydrogen) atoms. The Morgan fingerprint density at radius 1 is 1.13 bits per heavy atom. The molecule has 1 aliphatic heterocycles. The summed E-state index contributed by atoms with van der Waals surface area (Å²) in [4.78, 5) is 13.6. The second-order valence-electron chi connectivity index (χ2n) is 6.78. The molecule has 0 unspecified atom stereocenters. The molecule has 0 aromatic heterocycles. The van der Waals surface area contributed by atoms with Gasteiger partial charge in [-0.05, 0) is 49.2 Å². The predicted molar refractivity (Wildman–Crippen MR) is 120 cm³/mol. The van der Waals surface area contributed by atoms with E-state index in [4.69, 9.17) is 4.74 Å². The first kappa shape index (κ1) is 22.4. The Hall–Kier alpha value is -2.29. The fraction of sp³-hybridized carbons (Fsp3) is 0.318. The molecule has 2 aromatic carbocycles. The second kappa shape index (κ2) is 10.7. The van der Waals surface area contributed by atoms with E-state index >= 15 is 0 Å². The molecule has 6 nitrogen and oxygen atoms in total. The normalized spacial score (nSPS) is 14.4. The number of benzene rings is 2. The van der Waals surface area contributed by atoms with Crippen molar-refractivity contribution < 1.29 is 17.9 Å². The summed E-state index contributed by atoms with van der Waals surface area (Å²) < 4.78 is 32.2. The lowest BCUT2D eigenvalue weighted by atomic mass is 10.2. The predicted octanol–water partition coefficient (Wildman–Crippen LogP) is 3.56. The highest BCUT2D eigenvalue weighted by atomic mass is 32.2. The standard InChI is InChI=1S/C22H26N2O4S2/c1-2-17-29-21-8-4-3-7-20(21)22(25)23-13-16-28-18-9-11-19(12-10-18)30(26,27)24-14-5-6-15-24/h2-4,7-12H,1,5-6,13-17H2,(H,23,25). The van der Waals surface area contributed by atoms with E-state index in [1.165, 1.54) is 4.31 Å². The van der Waals surface area contributed by atoms with Crippen molar-refractivity contribution in [1.29, 1.82) is 0 Å². The Morgan fingerprint density at radius 2 is 1.83 bits per heavy atom. The minimum atomic E-state index is -3.42. The third kappa shape index (κ3) is 5.65. The lowest BCUT2D eigenvalue weighted by Crippen LogP contribution is -2.28. The summed E-state index contributed by atoms with van der Waals surface area (Å²) >= 11 is 1.56. The van der Waals surface area contributed by atoms with Gasteiger partial charge in [0.1, 0.15) is 12.4 Å². The molecule has 160 valence electrons. The van der Waals surface area contributed by atoms with Crippen molar-refractivity contribution in [2.75, 3.05) is 32.0 Å². The molecular weight excluding hydrogens is 420 g/mol. The molecule has 0 saturated carbocycles. The average molecular weight is 447 g/mol. The van der Waals surface area contributed by atoms with E-state index in [-0.39, 0.29) is 17.4 Å². The van der Waals surface area contributed by atoms with E-state index in [9.17, 15) is 13.2 Å². The summed E-state index contributed by atoms with van der Waals surface area (Å²) in [7, 11) is -3.42. The summed E-state index contributed by atoms with van der Waals surface area (Å²) in [6.07, 6.45) is 3.61. The molecule has 0 radical (unpaired) electrons. The molecule has 1 amide bonds. The van der Waals surface area contributed by atoms with E-state index in [0.717, 1.165) is 23.5 Å². The molecule has 0 spiro atoms. The molecule has 0 atom stereocenters. The van der Waals surface area contributed by atoms with E-state index in [1.54, 1.807) is 48.2 Å². The fourth-order valence-electron chi connectivity index (χ4n) is 3.14. The molecule has 1 fully saturated rings. The largest absolute Gasteiger partial charge is 0.492 e. The first-order valence-corrected chi connectivity index (χ1v) is 12.3. The summed E-state index contributed by atoms with van der Waals surface area (Å²) in [6.45, 7) is 5.49. The number of ether oxygens (including phenoxy) is 1. The zero-order valence-corrected chi connectivity index (χ0v) is 18.4. The number of hydrogen-bond acceptors (Lipinski definition) is 5. The monoisotopic (exact) mass is 446 g/mol. The van der Waals surface area contributed by atoms with Gasteiger partial charge in [0.25, 0.3) is 5.91 Å². The number of nitrogens with one attached hydrogen (secondary N) is 1. The van der Waals surface area contributed by atoms with Gasteiger partial charge in [0.15, 0.2) is 0 Å². The average Bonchev–Trinajstić information content (AvgIpc) is 3.31. The van der Waals surface area contributed by atoms with Crippen molar-refractivity contribution in [3.8, 4) is 5.75 Å². The minimum Gasteiger partial charge on any atom is -0.492 e. The maximum atomic E-state index is 12.5. The van der Waals surface area contributed by atoms with Gasteiger partial charge in [-0.15, -0.1) is 18.3 Å². The zero-order chi connectivity index (χ0) is 21.4. The number of thioether (sulfide) groups is 1. The van der Waals surface area contributed by atoms with Crippen LogP contribution in [0.2, 0.25) is 0 Å². The van der Waals surface area contributed by atoms with E-state index in [2.05, 4.69) is 11.9 Å². The summed E-state index contributed by atoms with van der Waals surface area (Å²) in [5, 5.41) is 2.85. The van der Waals surface area contributed by atoms with Crippen molar-refractivity contribution in [3.05, 3.63) is 66.7 Å². The van der Waals surface area contributed by atoms with Crippen LogP contribution in [0.25, 0.3) is 0 Å². The van der Waals surface area contributed by atoms with Gasteiger partial charge in [-0.1, -0.05) is 18.2 Å². The lowest BCUT2D eigenvalue weighted by molar-refractivity contribution is 0.0944. The van der Waals surface area contributed by atoms with Gasteiger partial charge < -0.3 is 10.1 Å². The van der Waals surface area contributed by atoms with Gasteiger partial charge in [0.2, 0.25) is 10.0 Å². The van der Waals surface area contributed by atoms with Gasteiger partial charge in [-0.25, -0.2) is 8.42 Å². The molecule has 8 heteroatoms. The quantitative estimate of drug-likeness (QED) is 0.343. The molecule has 1 heterocycles. The minimum absolute atomic E-state index is 0.155. The highest BCUT2D eigenvalue weighted by Crippen LogP contribution is 2.23. The number of carbonyl (C=O) groups excluding carboxylic acids is 1. The molecule has 0 aliphatic carbocycles. The van der Waals surface area contributed by atoms with E-state index < -0.39 is 10.0 Å². The molecule has 1 N–H and O–H groups in total. The zero-order valence-electron chi connectivity index (χ0n) is 16.7. The Balaban J connectivity index is 1.49. The van der Waals surface area contributed by atoms with Crippen LogP contribution >= 0.6 is 11.8 Å². The van der Waals surface area contributed by atoms with E-state index in [0.29, 0.717) is 30.9 Å². The van der Waals surface area contributed by atoms with E-state index in [1.807, 2.05) is 18.2 Å². The molecular formula is C22H26N2O4S2. The summed E-state index contributed by atoms with van der Waals surface area (Å²) in [5.41, 5.74) is 0.626. The van der Waals surface area contributed by atoms with Crippen molar-refractivity contribution in [2.45, 2.75) is 22.6 Å². The van der Waals surface area contributed by atoms with Crippen LogP contribution in [0.4, 0.5) is 0 Å². The van der Waals surface area contributed by atoms with Crippen molar-refractivity contribution >= 4 is 27.7 Å². The molecule has 3 rings (SSSR count). The highest BCUT2D eigenvalue weighted by molar-refractivity contribution is 7.99. The maximum Gasteiger partial charge on any atom is 0.252 e. The van der Waals surface area contributed by atoms with Gasteiger partial charge in [-0.3, -0.25) is 4.79 Å². The van der Waals surface area contributed by atoms with Crippen LogP contribution in [0, 0.1) is 0 Å². The van der Waals surface area contributed by atoms with Crippen molar-refractivity contribution in [1.82, 2.24) is 9.62 Å². The number of nitrogens with zero attached hydrogens (tertiary/aromatic N) is 1. The molecule has 0 bridgehead atoms. The van der Waals surface area contributed by atoms with Crippen LogP contribution in [-0.2, 0) is 10.0 Å². The fourth-order valence-corrected chi connectivity index (χ4v) is 5.45. The Labute approximate surface area is 182 Å². The molecule has 1 aliphatic rings. The molecule has 2 aromatic rings. The van der Waals surface area contributed by atoms with Crippen LogP contribution in [-0.4, -0.2) is 50.6 Å². The van der Waals surface area contributed by atoms with Crippen LogP contribution in [0.3, 0.4) is 0 Å². The Kier molecular flexibility index (Phi) is 7.95. The maximum absolute atomic E-state index is 12.5. The summed E-state index contributed by atoms with van der Waals surface area (Å²) in [5.74, 6) is 1.14. The van der Waals surface area contributed by atoms with Gasteiger partial charge in [-0.2, -0.15) is 4.31 Å². The third-order valence-electron chi connectivity index (χ3n) is 4.67. The lowest BCUT2D eigenvalue weighted by Gasteiger charge is -2.15. The summed E-state index contributed by atoms with van der Waals surface area (Å²) in [6, 6.07) is 13.9. The molecule has 1 saturated heterocycles. The number of rotatable bonds is 10. The first-order valence-electron chi connectivity index (χ1n) is 9.86. The van der Waals surface area contributed by atoms with Crippen LogP contribution < -0.4 is 10.1 Å². The van der Waals surface area contributed by atoms with Crippen LogP contribution in [0.1, 0.15) is 23.2 Å². The van der Waals surface area contributed by atoms with Gasteiger partial charge in [0.05, 0.1) is 17.0 Å². The van der Waals surface area contributed by atoms with Gasteiger partial charge in [0, 0.05) is 23.7 Å². The van der Waals surface area contributed by atoms with Crippen molar-refractivity contribution in [2.24, 2.45) is 0 Å². The highest BCUT2D eigenvalue weighted by Gasteiger charge is 2.26. The van der Waals surface area contributed by atoms with Crippen LogP contribution in [0.15, 0.2) is 71.0 Å². The topological polar surface area (TPSA) is 75.7 Å². The second-order valence-corrected chi connectivity index (χ2v) is 9.78. The Morgan fingerprint density at radius 3 is 2.53 bits per heavy atom. The third-order valence-corrected chi connectivity index (χ3v) is 7.65. The number of sulfonamides is 1. The SMILES string of the molecule is C=CCSc1ccccc1C(=O)NCCOc1ccc(S(=O)(=O)N2CCCC2)cc1. The van der Waals surface area contributed by atoms with Crippen molar-refractivity contribution in [3.63, 3.8) is 0 Å².